The van der Waals surface area contributed by atoms with Crippen molar-refractivity contribution in [2.75, 3.05) is 44.6 Å². The second-order valence-electron chi connectivity index (χ2n) is 7.88. The number of hydrogen-bond acceptors (Lipinski definition) is 4. The summed E-state index contributed by atoms with van der Waals surface area (Å²) in [6.45, 7) is 7.91. The fraction of sp³-hybridized carbons (Fsp3) is 0.650. The first-order chi connectivity index (χ1) is 13.4. The van der Waals surface area contributed by atoms with E-state index in [9.17, 15) is 13.2 Å². The standard InChI is InChI=1S/C20H31N3O4S/c1-3-27-18-9-8-17(13-19(18)28(25,26)23-11-4-5-12-23)21-20(24)15-22-10-6-7-16(2)14-22/h8-9,13,16H,3-7,10-12,14-15H2,1-2H3,(H,21,24)/p+1/t16-/m0/s1. The number of nitrogens with zero attached hydrogens (tertiary/aromatic N) is 1. The lowest BCUT2D eigenvalue weighted by Crippen LogP contribution is -3.14. The number of hydrogen-bond donors (Lipinski definition) is 2. The highest BCUT2D eigenvalue weighted by atomic mass is 32.2. The topological polar surface area (TPSA) is 80.1 Å². The second-order valence-corrected chi connectivity index (χ2v) is 9.79. The van der Waals surface area contributed by atoms with Gasteiger partial charge in [-0.15, -0.1) is 0 Å². The number of ether oxygens (including phenoxy) is 1. The van der Waals surface area contributed by atoms with Gasteiger partial charge in [0.25, 0.3) is 5.91 Å². The molecule has 2 aliphatic rings. The highest BCUT2D eigenvalue weighted by molar-refractivity contribution is 7.89. The number of piperidine rings is 1. The zero-order valence-electron chi connectivity index (χ0n) is 16.9. The van der Waals surface area contributed by atoms with Crippen LogP contribution in [0.1, 0.15) is 39.5 Å². The molecule has 7 nitrogen and oxygen atoms in total. The first kappa shape index (κ1) is 21.1. The molecule has 0 radical (unpaired) electrons. The zero-order valence-corrected chi connectivity index (χ0v) is 17.7. The number of sulfonamides is 1. The van der Waals surface area contributed by atoms with E-state index in [1.54, 1.807) is 12.1 Å². The van der Waals surface area contributed by atoms with E-state index in [0.717, 1.165) is 32.4 Å². The summed E-state index contributed by atoms with van der Waals surface area (Å²) in [5.74, 6) is 0.889. The molecule has 8 heteroatoms. The Bertz CT molecular complexity index is 791. The maximum atomic E-state index is 13.1. The molecular weight excluding hydrogens is 378 g/mol. The second kappa shape index (κ2) is 9.24. The van der Waals surface area contributed by atoms with E-state index in [-0.39, 0.29) is 10.8 Å². The van der Waals surface area contributed by atoms with Gasteiger partial charge in [0.1, 0.15) is 10.6 Å². The largest absolute Gasteiger partial charge is 0.492 e. The summed E-state index contributed by atoms with van der Waals surface area (Å²) in [4.78, 5) is 13.9. The summed E-state index contributed by atoms with van der Waals surface area (Å²) < 4.78 is 33.1. The van der Waals surface area contributed by atoms with Gasteiger partial charge >= 0.3 is 0 Å². The summed E-state index contributed by atoms with van der Waals surface area (Å²) in [7, 11) is -3.63. The van der Waals surface area contributed by atoms with Crippen molar-refractivity contribution in [3.8, 4) is 5.75 Å². The number of carbonyl (C=O) groups excluding carboxylic acids is 1. The number of anilines is 1. The Morgan fingerprint density at radius 3 is 2.71 bits per heavy atom. The van der Waals surface area contributed by atoms with E-state index in [1.165, 1.54) is 21.7 Å². The van der Waals surface area contributed by atoms with E-state index in [2.05, 4.69) is 12.2 Å². The Morgan fingerprint density at radius 1 is 1.29 bits per heavy atom. The molecule has 0 bridgehead atoms. The molecule has 0 aliphatic carbocycles. The highest BCUT2D eigenvalue weighted by Gasteiger charge is 2.30. The molecule has 0 spiro atoms. The van der Waals surface area contributed by atoms with Crippen LogP contribution in [-0.4, -0.2) is 58.0 Å². The Hall–Kier alpha value is -1.64. The molecule has 1 aromatic rings. The number of likely N-dealkylation sites (tertiary alicyclic amines) is 1. The van der Waals surface area contributed by atoms with Crippen molar-refractivity contribution < 1.29 is 22.8 Å². The number of rotatable bonds is 7. The van der Waals surface area contributed by atoms with E-state index >= 15 is 0 Å². The third kappa shape index (κ3) is 5.04. The molecule has 3 rings (SSSR count). The molecule has 2 aliphatic heterocycles. The summed E-state index contributed by atoms with van der Waals surface area (Å²) >= 11 is 0. The number of carbonyl (C=O) groups is 1. The molecule has 2 atom stereocenters. The highest BCUT2D eigenvalue weighted by Crippen LogP contribution is 2.31. The maximum absolute atomic E-state index is 13.1. The van der Waals surface area contributed by atoms with Crippen LogP contribution in [0.2, 0.25) is 0 Å². The molecule has 1 amide bonds. The quantitative estimate of drug-likeness (QED) is 0.706. The van der Waals surface area contributed by atoms with Crippen LogP contribution >= 0.6 is 0 Å². The fourth-order valence-electron chi connectivity index (χ4n) is 4.12. The first-order valence-corrected chi connectivity index (χ1v) is 11.7. The number of quaternary nitrogens is 1. The number of nitrogens with one attached hydrogen (secondary N) is 2. The molecule has 2 heterocycles. The van der Waals surface area contributed by atoms with Gasteiger partial charge < -0.3 is 15.0 Å². The first-order valence-electron chi connectivity index (χ1n) is 10.3. The molecule has 28 heavy (non-hydrogen) atoms. The summed E-state index contributed by atoms with van der Waals surface area (Å²) in [6.07, 6.45) is 4.11. The third-order valence-electron chi connectivity index (χ3n) is 5.49. The average Bonchev–Trinajstić information content (AvgIpc) is 3.18. The van der Waals surface area contributed by atoms with Gasteiger partial charge in [0.2, 0.25) is 10.0 Å². The average molecular weight is 411 g/mol. The van der Waals surface area contributed by atoms with Gasteiger partial charge in [0, 0.05) is 24.7 Å². The Labute approximate surface area is 168 Å². The van der Waals surface area contributed by atoms with Crippen LogP contribution in [0.3, 0.4) is 0 Å². The zero-order chi connectivity index (χ0) is 20.1. The minimum absolute atomic E-state index is 0.0854. The molecule has 2 N–H and O–H groups in total. The third-order valence-corrected chi connectivity index (χ3v) is 7.40. The van der Waals surface area contributed by atoms with Gasteiger partial charge in [-0.2, -0.15) is 4.31 Å². The van der Waals surface area contributed by atoms with Crippen LogP contribution in [0.15, 0.2) is 23.1 Å². The van der Waals surface area contributed by atoms with Crippen LogP contribution < -0.4 is 15.0 Å². The smallest absolute Gasteiger partial charge is 0.279 e. The minimum atomic E-state index is -3.63. The van der Waals surface area contributed by atoms with Crippen molar-refractivity contribution in [1.29, 1.82) is 0 Å². The summed E-state index contributed by atoms with van der Waals surface area (Å²) in [5.41, 5.74) is 0.496. The van der Waals surface area contributed by atoms with Gasteiger partial charge in [-0.05, 0) is 50.8 Å². The Morgan fingerprint density at radius 2 is 2.04 bits per heavy atom. The predicted octanol–water partition coefficient (Wildman–Crippen LogP) is 1.12. The van der Waals surface area contributed by atoms with Crippen molar-refractivity contribution >= 4 is 21.6 Å². The SMILES string of the molecule is CCOc1ccc(NC(=O)C[NH+]2CCC[C@H](C)C2)cc1S(=O)(=O)N1CCCC1. The predicted molar refractivity (Wildman–Crippen MR) is 108 cm³/mol. The Kier molecular flexibility index (Phi) is 6.95. The number of benzene rings is 1. The lowest BCUT2D eigenvalue weighted by molar-refractivity contribution is -0.900. The molecule has 0 saturated carbocycles. The van der Waals surface area contributed by atoms with E-state index in [1.807, 2.05) is 6.92 Å². The van der Waals surface area contributed by atoms with Gasteiger partial charge in [-0.3, -0.25) is 4.79 Å². The molecule has 2 fully saturated rings. The van der Waals surface area contributed by atoms with E-state index < -0.39 is 10.0 Å². The molecule has 1 aromatic carbocycles. The molecule has 1 unspecified atom stereocenters. The minimum Gasteiger partial charge on any atom is -0.492 e. The van der Waals surface area contributed by atoms with Gasteiger partial charge in [-0.1, -0.05) is 6.92 Å². The van der Waals surface area contributed by atoms with Crippen molar-refractivity contribution in [3.05, 3.63) is 18.2 Å². The fourth-order valence-corrected chi connectivity index (χ4v) is 5.79. The monoisotopic (exact) mass is 410 g/mol. The van der Waals surface area contributed by atoms with Crippen LogP contribution in [0, 0.1) is 5.92 Å². The molecular formula is C20H32N3O4S+. The lowest BCUT2D eigenvalue weighted by atomic mass is 10.0. The normalized spacial score (nSPS) is 23.5. The van der Waals surface area contributed by atoms with Gasteiger partial charge in [0.05, 0.1) is 19.7 Å². The van der Waals surface area contributed by atoms with Crippen LogP contribution in [0.4, 0.5) is 5.69 Å². The van der Waals surface area contributed by atoms with Crippen LogP contribution in [-0.2, 0) is 14.8 Å². The van der Waals surface area contributed by atoms with Crippen molar-refractivity contribution in [2.24, 2.45) is 5.92 Å². The lowest BCUT2D eigenvalue weighted by Gasteiger charge is -2.27. The number of amides is 1. The van der Waals surface area contributed by atoms with Crippen molar-refractivity contribution in [2.45, 2.75) is 44.4 Å². The maximum Gasteiger partial charge on any atom is 0.279 e. The van der Waals surface area contributed by atoms with Crippen molar-refractivity contribution in [1.82, 2.24) is 4.31 Å². The molecule has 2 saturated heterocycles. The van der Waals surface area contributed by atoms with Crippen LogP contribution in [0.5, 0.6) is 5.75 Å². The van der Waals surface area contributed by atoms with E-state index in [4.69, 9.17) is 4.74 Å². The Balaban J connectivity index is 1.75. The van der Waals surface area contributed by atoms with Gasteiger partial charge in [0.15, 0.2) is 6.54 Å². The summed E-state index contributed by atoms with van der Waals surface area (Å²) in [6, 6.07) is 4.88. The molecule has 156 valence electrons. The van der Waals surface area contributed by atoms with Gasteiger partial charge in [-0.25, -0.2) is 8.42 Å². The van der Waals surface area contributed by atoms with E-state index in [0.29, 0.717) is 43.6 Å². The van der Waals surface area contributed by atoms with Crippen molar-refractivity contribution in [3.63, 3.8) is 0 Å². The van der Waals surface area contributed by atoms with Crippen LogP contribution in [0.25, 0.3) is 0 Å². The summed E-state index contributed by atoms with van der Waals surface area (Å²) in [5, 5.41) is 2.88. The molecule has 0 aromatic heterocycles.